The summed E-state index contributed by atoms with van der Waals surface area (Å²) in [6.07, 6.45) is -1.21. The highest BCUT2D eigenvalue weighted by Crippen LogP contribution is 2.30. The first-order valence-electron chi connectivity index (χ1n) is 11.5. The molecule has 3 rings (SSSR count). The average Bonchev–Trinajstić information content (AvgIpc) is 3.35. The van der Waals surface area contributed by atoms with Crippen molar-refractivity contribution in [1.29, 1.82) is 0 Å². The monoisotopic (exact) mass is 581 g/mol. The van der Waals surface area contributed by atoms with Crippen molar-refractivity contribution in [2.75, 3.05) is 19.9 Å². The van der Waals surface area contributed by atoms with Gasteiger partial charge in [-0.1, -0.05) is 59.2 Å². The third-order valence-electron chi connectivity index (χ3n) is 5.01. The lowest BCUT2D eigenvalue weighted by molar-refractivity contribution is -0.164. The quantitative estimate of drug-likeness (QED) is 0.124. The summed E-state index contributed by atoms with van der Waals surface area (Å²) in [5.41, 5.74) is 4.49. The second kappa shape index (κ2) is 14.3. The SMILES string of the molecule is CCCOC(=O)OCOC(=O)[C@H](O)CN(Cc1ccc(-c2cc(Cl)ccc2Cl)cc1)NC(=O)c1cn(O)nn1. The van der Waals surface area contributed by atoms with Gasteiger partial charge in [-0.05, 0) is 41.0 Å². The van der Waals surface area contributed by atoms with Crippen molar-refractivity contribution in [1.82, 2.24) is 25.6 Å². The lowest BCUT2D eigenvalue weighted by atomic mass is 10.0. The third kappa shape index (κ3) is 9.11. The normalized spacial score (nSPS) is 11.6. The molecule has 3 N–H and O–H groups in total. The van der Waals surface area contributed by atoms with Crippen molar-refractivity contribution in [3.63, 3.8) is 0 Å². The van der Waals surface area contributed by atoms with Crippen LogP contribution in [-0.4, -0.2) is 74.6 Å². The van der Waals surface area contributed by atoms with Crippen molar-refractivity contribution in [3.05, 3.63) is 70.0 Å². The molecule has 0 spiro atoms. The number of aromatic nitrogens is 3. The molecule has 1 aromatic heterocycles. The molecule has 0 unspecified atom stereocenters. The molecule has 0 bridgehead atoms. The topological polar surface area (TPSA) is 165 Å². The molecule has 3 aromatic rings. The van der Waals surface area contributed by atoms with Crippen LogP contribution in [0.3, 0.4) is 0 Å². The number of carbonyl (C=O) groups excluding carboxylic acids is 3. The molecule has 0 radical (unpaired) electrons. The fraction of sp³-hybridized carbons (Fsp3) is 0.292. The molecule has 0 saturated carbocycles. The lowest BCUT2D eigenvalue weighted by Gasteiger charge is -2.24. The summed E-state index contributed by atoms with van der Waals surface area (Å²) in [4.78, 5) is 36.5. The molecule has 0 fully saturated rings. The van der Waals surface area contributed by atoms with Gasteiger partial charge in [0.25, 0.3) is 5.91 Å². The Bertz CT molecular complexity index is 1290. The number of aliphatic hydroxyl groups excluding tert-OH is 1. The van der Waals surface area contributed by atoms with Crippen molar-refractivity contribution in [2.45, 2.75) is 26.0 Å². The molecule has 0 aliphatic heterocycles. The highest BCUT2D eigenvalue weighted by atomic mass is 35.5. The summed E-state index contributed by atoms with van der Waals surface area (Å²) in [6, 6.07) is 12.2. The summed E-state index contributed by atoms with van der Waals surface area (Å²) in [7, 11) is 0. The molecule has 1 amide bonds. The molecule has 15 heteroatoms. The van der Waals surface area contributed by atoms with Crippen molar-refractivity contribution in [2.24, 2.45) is 0 Å². The van der Waals surface area contributed by atoms with Gasteiger partial charge < -0.3 is 24.5 Å². The summed E-state index contributed by atoms with van der Waals surface area (Å²) in [5.74, 6) is -1.87. The fourth-order valence-electron chi connectivity index (χ4n) is 3.18. The number of nitrogens with one attached hydrogen (secondary N) is 1. The predicted octanol–water partition coefficient (Wildman–Crippen LogP) is 3.06. The van der Waals surface area contributed by atoms with Crippen LogP contribution in [0.4, 0.5) is 4.79 Å². The molecule has 208 valence electrons. The Balaban J connectivity index is 1.67. The second-order valence-corrected chi connectivity index (χ2v) is 8.85. The maximum Gasteiger partial charge on any atom is 0.511 e. The van der Waals surface area contributed by atoms with Gasteiger partial charge in [-0.25, -0.2) is 14.6 Å². The highest BCUT2D eigenvalue weighted by Gasteiger charge is 2.24. The van der Waals surface area contributed by atoms with Gasteiger partial charge in [0.2, 0.25) is 6.79 Å². The van der Waals surface area contributed by atoms with E-state index in [2.05, 4.69) is 25.2 Å². The zero-order chi connectivity index (χ0) is 28.4. The van der Waals surface area contributed by atoms with E-state index in [1.807, 2.05) is 0 Å². The van der Waals surface area contributed by atoms with E-state index >= 15 is 0 Å². The maximum atomic E-state index is 12.6. The minimum Gasteiger partial charge on any atom is -0.434 e. The number of ether oxygens (including phenoxy) is 3. The summed E-state index contributed by atoms with van der Waals surface area (Å²) in [6.45, 7) is 0.787. The number of benzene rings is 2. The number of esters is 1. The highest BCUT2D eigenvalue weighted by molar-refractivity contribution is 6.35. The Kier molecular flexibility index (Phi) is 10.9. The molecular weight excluding hydrogens is 557 g/mol. The van der Waals surface area contributed by atoms with Crippen LogP contribution in [0.5, 0.6) is 0 Å². The lowest BCUT2D eigenvalue weighted by Crippen LogP contribution is -2.47. The number of aliphatic hydroxyl groups is 1. The van der Waals surface area contributed by atoms with Crippen molar-refractivity contribution < 1.29 is 38.9 Å². The number of carbonyl (C=O) groups is 3. The molecule has 2 aromatic carbocycles. The number of halogens is 2. The van der Waals surface area contributed by atoms with Crippen LogP contribution in [-0.2, 0) is 25.5 Å². The average molecular weight is 582 g/mol. The van der Waals surface area contributed by atoms with E-state index in [1.165, 1.54) is 5.01 Å². The van der Waals surface area contributed by atoms with Crippen LogP contribution in [0, 0.1) is 0 Å². The van der Waals surface area contributed by atoms with Crippen LogP contribution in [0.25, 0.3) is 11.1 Å². The Morgan fingerprint density at radius 1 is 1.10 bits per heavy atom. The number of hydrogen-bond acceptors (Lipinski definition) is 11. The number of rotatable bonds is 12. The smallest absolute Gasteiger partial charge is 0.434 e. The minimum atomic E-state index is -1.74. The van der Waals surface area contributed by atoms with E-state index in [0.29, 0.717) is 26.9 Å². The number of hydrazine groups is 1. The van der Waals surface area contributed by atoms with Crippen LogP contribution in [0.2, 0.25) is 10.0 Å². The van der Waals surface area contributed by atoms with Gasteiger partial charge in [0.1, 0.15) is 0 Å². The maximum absolute atomic E-state index is 12.6. The van der Waals surface area contributed by atoms with Crippen LogP contribution in [0.1, 0.15) is 29.4 Å². The molecule has 0 saturated heterocycles. The Morgan fingerprint density at radius 3 is 2.51 bits per heavy atom. The van der Waals surface area contributed by atoms with E-state index in [0.717, 1.165) is 17.3 Å². The Hall–Kier alpha value is -3.91. The van der Waals surface area contributed by atoms with E-state index in [1.54, 1.807) is 49.4 Å². The first-order chi connectivity index (χ1) is 18.7. The summed E-state index contributed by atoms with van der Waals surface area (Å²) >= 11 is 12.4. The molecule has 1 heterocycles. The van der Waals surface area contributed by atoms with Crippen LogP contribution >= 0.6 is 23.2 Å². The van der Waals surface area contributed by atoms with Gasteiger partial charge in [-0.2, -0.15) is 0 Å². The van der Waals surface area contributed by atoms with Gasteiger partial charge in [0, 0.05) is 22.2 Å². The van der Waals surface area contributed by atoms with Gasteiger partial charge in [0.05, 0.1) is 19.3 Å². The zero-order valence-corrected chi connectivity index (χ0v) is 22.1. The zero-order valence-electron chi connectivity index (χ0n) is 20.6. The van der Waals surface area contributed by atoms with Gasteiger partial charge in [-0.3, -0.25) is 10.2 Å². The molecule has 0 aliphatic rings. The first-order valence-corrected chi connectivity index (χ1v) is 12.3. The van der Waals surface area contributed by atoms with E-state index in [9.17, 15) is 24.7 Å². The minimum absolute atomic E-state index is 0.0345. The fourth-order valence-corrected chi connectivity index (χ4v) is 3.58. The molecular formula is C24H25Cl2N5O8. The largest absolute Gasteiger partial charge is 0.511 e. The second-order valence-electron chi connectivity index (χ2n) is 8.01. The predicted molar refractivity (Wildman–Crippen MR) is 137 cm³/mol. The van der Waals surface area contributed by atoms with Crippen molar-refractivity contribution in [3.8, 4) is 11.1 Å². The standard InChI is InChI=1S/C24H25Cl2N5O8/c1-2-9-37-24(35)39-14-38-23(34)21(32)13-30(28-22(33)20-12-31(36)29-27-20)11-15-3-5-16(6-4-15)18-10-17(25)7-8-19(18)26/h3-8,10,12,21,32,36H,2,9,11,13-14H2,1H3,(H,28,33)/t21-/m1/s1. The first kappa shape index (κ1) is 29.6. The molecule has 1 atom stereocenters. The van der Waals surface area contributed by atoms with Crippen LogP contribution in [0.15, 0.2) is 48.7 Å². The third-order valence-corrected chi connectivity index (χ3v) is 5.57. The number of amides is 1. The van der Waals surface area contributed by atoms with E-state index in [-0.39, 0.29) is 18.8 Å². The number of hydrogen-bond donors (Lipinski definition) is 3. The Labute approximate surface area is 232 Å². The van der Waals surface area contributed by atoms with Gasteiger partial charge in [0.15, 0.2) is 11.8 Å². The molecule has 39 heavy (non-hydrogen) atoms. The summed E-state index contributed by atoms with van der Waals surface area (Å²) < 4.78 is 14.0. The van der Waals surface area contributed by atoms with Crippen molar-refractivity contribution >= 4 is 41.2 Å². The number of nitrogens with zero attached hydrogens (tertiary/aromatic N) is 4. The van der Waals surface area contributed by atoms with E-state index in [4.69, 9.17) is 27.9 Å². The van der Waals surface area contributed by atoms with Crippen LogP contribution < -0.4 is 5.43 Å². The Morgan fingerprint density at radius 2 is 1.85 bits per heavy atom. The molecule has 13 nitrogen and oxygen atoms in total. The van der Waals surface area contributed by atoms with Gasteiger partial charge in [-0.15, -0.1) is 5.10 Å². The summed E-state index contributed by atoms with van der Waals surface area (Å²) in [5, 5.41) is 28.8. The van der Waals surface area contributed by atoms with Gasteiger partial charge >= 0.3 is 12.1 Å². The van der Waals surface area contributed by atoms with E-state index < -0.39 is 37.5 Å². The molecule has 0 aliphatic carbocycles.